The summed E-state index contributed by atoms with van der Waals surface area (Å²) in [5, 5.41) is 4.92. The molecule has 0 aliphatic carbocycles. The van der Waals surface area contributed by atoms with Crippen molar-refractivity contribution in [3.05, 3.63) is 77.1 Å². The van der Waals surface area contributed by atoms with Crippen molar-refractivity contribution in [2.24, 2.45) is 5.14 Å². The monoisotopic (exact) mass is 397 g/mol. The molecule has 0 spiro atoms. The Morgan fingerprint density at radius 2 is 1.35 bits per heavy atom. The third kappa shape index (κ3) is 3.90. The zero-order valence-corrected chi connectivity index (χ0v) is 14.6. The van der Waals surface area contributed by atoms with Gasteiger partial charge in [-0.2, -0.15) is 4.21 Å². The Hall–Kier alpha value is -2.35. The van der Waals surface area contributed by atoms with Gasteiger partial charge in [-0.1, -0.05) is 29.8 Å². The first-order valence-electron chi connectivity index (χ1n) is 7.24. The number of halogens is 4. The fraction of sp³-hybridized carbons (Fsp3) is 0. The van der Waals surface area contributed by atoms with Crippen LogP contribution in [-0.2, 0) is 11.3 Å². The molecule has 1 unspecified atom stereocenters. The summed E-state index contributed by atoms with van der Waals surface area (Å²) in [5.41, 5.74) is 1.66. The zero-order valence-electron chi connectivity index (χ0n) is 13.0. The highest BCUT2D eigenvalue weighted by Crippen LogP contribution is 2.36. The summed E-state index contributed by atoms with van der Waals surface area (Å²) < 4.78 is 56.8. The molecule has 0 saturated heterocycles. The molecule has 1 atom stereocenters. The average Bonchev–Trinajstić information content (AvgIpc) is 2.60. The number of benzene rings is 3. The molecule has 0 amide bonds. The maximum atomic E-state index is 13.8. The van der Waals surface area contributed by atoms with Crippen LogP contribution >= 0.6 is 11.6 Å². The van der Waals surface area contributed by atoms with Crippen molar-refractivity contribution in [2.45, 2.75) is 0 Å². The Bertz CT molecular complexity index is 996. The quantitative estimate of drug-likeness (QED) is 0.673. The first kappa shape index (κ1) is 18.4. The van der Waals surface area contributed by atoms with Gasteiger partial charge in [0.25, 0.3) is 11.3 Å². The van der Waals surface area contributed by atoms with Crippen LogP contribution in [0.25, 0.3) is 22.3 Å². The molecule has 3 nitrogen and oxygen atoms in total. The van der Waals surface area contributed by atoms with E-state index in [4.69, 9.17) is 20.9 Å². The van der Waals surface area contributed by atoms with Crippen molar-refractivity contribution in [1.29, 1.82) is 0 Å². The second kappa shape index (κ2) is 7.49. The molecule has 0 saturated carbocycles. The van der Waals surface area contributed by atoms with Gasteiger partial charge in [0.2, 0.25) is 0 Å². The molecule has 3 rings (SSSR count). The van der Waals surface area contributed by atoms with Crippen molar-refractivity contribution in [3.8, 4) is 28.0 Å². The minimum atomic E-state index is -1.97. The third-order valence-electron chi connectivity index (χ3n) is 3.63. The van der Waals surface area contributed by atoms with Crippen LogP contribution in [0.2, 0.25) is 5.02 Å². The minimum Gasteiger partial charge on any atom is -0.389 e. The SMILES string of the molecule is NS(=O)Oc1ccc(-c2cc(F)c(F)cc2-c2ccc(F)c(Cl)c2)cc1. The zero-order chi connectivity index (χ0) is 18.8. The van der Waals surface area contributed by atoms with Gasteiger partial charge in [-0.3, -0.25) is 0 Å². The summed E-state index contributed by atoms with van der Waals surface area (Å²) in [5.74, 6) is -2.43. The normalized spacial score (nSPS) is 12.0. The molecule has 0 fully saturated rings. The molecule has 0 bridgehead atoms. The second-order valence-corrected chi connectivity index (χ2v) is 6.40. The Balaban J connectivity index is 2.13. The molecule has 0 aliphatic rings. The Labute approximate surface area is 155 Å². The number of rotatable bonds is 4. The standard InChI is InChI=1S/C18H11ClF3NO2S/c19-15-7-11(3-6-16(15)20)14-9-18(22)17(21)8-13(14)10-1-4-12(5-2-10)25-26(23)24/h1-9H,23H2. The topological polar surface area (TPSA) is 52.3 Å². The molecule has 2 N–H and O–H groups in total. The molecule has 3 aromatic carbocycles. The highest BCUT2D eigenvalue weighted by Gasteiger charge is 2.15. The summed E-state index contributed by atoms with van der Waals surface area (Å²) in [4.78, 5) is 0. The Kier molecular flexibility index (Phi) is 5.31. The van der Waals surface area contributed by atoms with E-state index in [2.05, 4.69) is 0 Å². The summed E-state index contributed by atoms with van der Waals surface area (Å²) in [6.07, 6.45) is 0. The lowest BCUT2D eigenvalue weighted by Crippen LogP contribution is -2.09. The van der Waals surface area contributed by atoms with Crippen molar-refractivity contribution < 1.29 is 21.6 Å². The van der Waals surface area contributed by atoms with Crippen LogP contribution < -0.4 is 9.32 Å². The van der Waals surface area contributed by atoms with Crippen LogP contribution in [0.4, 0.5) is 13.2 Å². The molecular weight excluding hydrogens is 387 g/mol. The van der Waals surface area contributed by atoms with E-state index in [1.165, 1.54) is 24.3 Å². The van der Waals surface area contributed by atoms with Crippen molar-refractivity contribution in [1.82, 2.24) is 0 Å². The van der Waals surface area contributed by atoms with E-state index >= 15 is 0 Å². The first-order chi connectivity index (χ1) is 12.3. The molecule has 0 aromatic heterocycles. The largest absolute Gasteiger partial charge is 0.389 e. The minimum absolute atomic E-state index is 0.132. The summed E-state index contributed by atoms with van der Waals surface area (Å²) in [6.45, 7) is 0. The van der Waals surface area contributed by atoms with Gasteiger partial charge < -0.3 is 4.18 Å². The van der Waals surface area contributed by atoms with Crippen molar-refractivity contribution in [2.75, 3.05) is 0 Å². The molecule has 3 aromatic rings. The van der Waals surface area contributed by atoms with Gasteiger partial charge in [-0.05, 0) is 58.7 Å². The van der Waals surface area contributed by atoms with Crippen LogP contribution in [0.5, 0.6) is 5.75 Å². The van der Waals surface area contributed by atoms with E-state index < -0.39 is 28.7 Å². The first-order valence-corrected chi connectivity index (χ1v) is 8.76. The molecule has 0 heterocycles. The lowest BCUT2D eigenvalue weighted by Gasteiger charge is -2.12. The lowest BCUT2D eigenvalue weighted by atomic mass is 9.94. The van der Waals surface area contributed by atoms with Gasteiger partial charge in [-0.15, -0.1) is 0 Å². The Morgan fingerprint density at radius 1 is 0.808 bits per heavy atom. The van der Waals surface area contributed by atoms with Gasteiger partial charge in [0.05, 0.1) is 5.02 Å². The van der Waals surface area contributed by atoms with Crippen LogP contribution in [0.1, 0.15) is 0 Å². The van der Waals surface area contributed by atoms with E-state index in [-0.39, 0.29) is 10.8 Å². The molecule has 0 radical (unpaired) electrons. The third-order valence-corrected chi connectivity index (χ3v) is 4.28. The van der Waals surface area contributed by atoms with Gasteiger partial charge in [0, 0.05) is 0 Å². The average molecular weight is 398 g/mol. The van der Waals surface area contributed by atoms with Gasteiger partial charge in [0.15, 0.2) is 11.6 Å². The van der Waals surface area contributed by atoms with E-state index in [1.807, 2.05) is 0 Å². The molecule has 0 aliphatic heterocycles. The highest BCUT2D eigenvalue weighted by atomic mass is 35.5. The highest BCUT2D eigenvalue weighted by molar-refractivity contribution is 7.78. The van der Waals surface area contributed by atoms with E-state index in [0.717, 1.165) is 18.2 Å². The van der Waals surface area contributed by atoms with Crippen molar-refractivity contribution in [3.63, 3.8) is 0 Å². The van der Waals surface area contributed by atoms with Gasteiger partial charge in [-0.25, -0.2) is 18.3 Å². The van der Waals surface area contributed by atoms with Crippen LogP contribution in [0, 0.1) is 17.5 Å². The van der Waals surface area contributed by atoms with E-state index in [9.17, 15) is 17.4 Å². The van der Waals surface area contributed by atoms with Crippen molar-refractivity contribution >= 4 is 22.9 Å². The number of hydrogen-bond acceptors (Lipinski definition) is 2. The fourth-order valence-electron chi connectivity index (χ4n) is 2.47. The lowest BCUT2D eigenvalue weighted by molar-refractivity contribution is 0.509. The van der Waals surface area contributed by atoms with E-state index in [0.29, 0.717) is 22.3 Å². The molecular formula is C18H11ClF3NO2S. The summed E-state index contributed by atoms with van der Waals surface area (Å²) in [6, 6.07) is 12.1. The molecule has 26 heavy (non-hydrogen) atoms. The number of hydrogen-bond donors (Lipinski definition) is 1. The van der Waals surface area contributed by atoms with Crippen LogP contribution in [-0.4, -0.2) is 4.21 Å². The maximum Gasteiger partial charge on any atom is 0.285 e. The second-order valence-electron chi connectivity index (χ2n) is 5.31. The van der Waals surface area contributed by atoms with Gasteiger partial charge in [0.1, 0.15) is 11.6 Å². The predicted molar refractivity (Wildman–Crippen MR) is 95.2 cm³/mol. The Morgan fingerprint density at radius 3 is 1.88 bits per heavy atom. The van der Waals surface area contributed by atoms with Crippen LogP contribution in [0.15, 0.2) is 54.6 Å². The summed E-state index contributed by atoms with van der Waals surface area (Å²) in [7, 11) is 0. The maximum absolute atomic E-state index is 13.8. The fourth-order valence-corrected chi connectivity index (χ4v) is 2.95. The molecule has 134 valence electrons. The molecule has 8 heteroatoms. The van der Waals surface area contributed by atoms with E-state index in [1.54, 1.807) is 12.1 Å². The summed E-state index contributed by atoms with van der Waals surface area (Å²) >= 11 is 3.83. The predicted octanol–water partition coefficient (Wildman–Crippen LogP) is 5.01. The van der Waals surface area contributed by atoms with Crippen LogP contribution in [0.3, 0.4) is 0 Å². The number of nitrogens with two attached hydrogens (primary N) is 1. The smallest absolute Gasteiger partial charge is 0.285 e. The van der Waals surface area contributed by atoms with Gasteiger partial charge >= 0.3 is 0 Å².